The van der Waals surface area contributed by atoms with Gasteiger partial charge in [-0.1, -0.05) is 0 Å². The first-order valence-electron chi connectivity index (χ1n) is 4.06. The van der Waals surface area contributed by atoms with Crippen molar-refractivity contribution in [2.45, 2.75) is 10.5 Å². The number of rotatable bonds is 4. The smallest absolute Gasteiger partial charge is 0.0662 e. The molecule has 0 spiro atoms. The summed E-state index contributed by atoms with van der Waals surface area (Å²) < 4.78 is 0.169. The molecule has 2 atom stereocenters. The molecule has 2 nitrogen and oxygen atoms in total. The average Bonchev–Trinajstić information content (AvgIpc) is 2.07. The molecule has 1 rings (SSSR count). The molecule has 1 saturated carbocycles. The highest BCUT2D eigenvalue weighted by Crippen LogP contribution is 2.57. The van der Waals surface area contributed by atoms with Crippen molar-refractivity contribution in [1.29, 1.82) is 0 Å². The van der Waals surface area contributed by atoms with Crippen molar-refractivity contribution in [2.75, 3.05) is 25.7 Å². The molecule has 1 aliphatic rings. The van der Waals surface area contributed by atoms with Crippen LogP contribution in [0.1, 0.15) is 6.42 Å². The standard InChI is InChI=1S/C8H16O2S2/c1-11-8(12-2)3-6(4-9)7(8)5-10/h6-7,9-10H,3-5H2,1-2H3/t6-,7?/m1/s1. The van der Waals surface area contributed by atoms with E-state index >= 15 is 0 Å². The monoisotopic (exact) mass is 208 g/mol. The minimum Gasteiger partial charge on any atom is -0.396 e. The normalized spacial score (nSPS) is 33.0. The molecule has 1 unspecified atom stereocenters. The molecule has 0 saturated heterocycles. The summed E-state index contributed by atoms with van der Waals surface area (Å²) in [7, 11) is 0. The molecule has 72 valence electrons. The summed E-state index contributed by atoms with van der Waals surface area (Å²) in [6.45, 7) is 0.418. The zero-order chi connectivity index (χ0) is 9.19. The van der Waals surface area contributed by atoms with E-state index in [0.29, 0.717) is 5.92 Å². The van der Waals surface area contributed by atoms with Crippen LogP contribution in [0, 0.1) is 11.8 Å². The zero-order valence-corrected chi connectivity index (χ0v) is 9.12. The van der Waals surface area contributed by atoms with Crippen LogP contribution in [0.15, 0.2) is 0 Å². The maximum absolute atomic E-state index is 9.15. The van der Waals surface area contributed by atoms with E-state index in [2.05, 4.69) is 12.5 Å². The molecule has 0 heterocycles. The maximum atomic E-state index is 9.15. The van der Waals surface area contributed by atoms with Gasteiger partial charge in [0.05, 0.1) is 4.08 Å². The molecule has 0 aliphatic heterocycles. The highest BCUT2D eigenvalue weighted by atomic mass is 32.2. The Morgan fingerprint density at radius 2 is 1.83 bits per heavy atom. The van der Waals surface area contributed by atoms with Crippen LogP contribution in [0.25, 0.3) is 0 Å². The molecular formula is C8H16O2S2. The fourth-order valence-corrected chi connectivity index (χ4v) is 4.46. The largest absolute Gasteiger partial charge is 0.396 e. The van der Waals surface area contributed by atoms with Crippen LogP contribution in [0.5, 0.6) is 0 Å². The lowest BCUT2D eigenvalue weighted by atomic mass is 9.73. The molecule has 0 aromatic rings. The van der Waals surface area contributed by atoms with Crippen LogP contribution >= 0.6 is 23.5 Å². The molecule has 0 aromatic carbocycles. The van der Waals surface area contributed by atoms with Gasteiger partial charge in [0.2, 0.25) is 0 Å². The molecule has 12 heavy (non-hydrogen) atoms. The second-order valence-electron chi connectivity index (χ2n) is 3.16. The lowest BCUT2D eigenvalue weighted by Gasteiger charge is -2.52. The Morgan fingerprint density at radius 3 is 2.17 bits per heavy atom. The number of hydrogen-bond acceptors (Lipinski definition) is 4. The van der Waals surface area contributed by atoms with Gasteiger partial charge >= 0.3 is 0 Å². The van der Waals surface area contributed by atoms with Gasteiger partial charge in [-0.2, -0.15) is 0 Å². The molecule has 0 bridgehead atoms. The van der Waals surface area contributed by atoms with Crippen LogP contribution in [0.3, 0.4) is 0 Å². The van der Waals surface area contributed by atoms with Gasteiger partial charge in [0.15, 0.2) is 0 Å². The average molecular weight is 208 g/mol. The van der Waals surface area contributed by atoms with Gasteiger partial charge in [0.1, 0.15) is 0 Å². The van der Waals surface area contributed by atoms with E-state index in [1.807, 2.05) is 0 Å². The first-order chi connectivity index (χ1) is 5.74. The van der Waals surface area contributed by atoms with E-state index in [1.54, 1.807) is 23.5 Å². The van der Waals surface area contributed by atoms with Crippen LogP contribution in [0.2, 0.25) is 0 Å². The first-order valence-corrected chi connectivity index (χ1v) is 6.51. The van der Waals surface area contributed by atoms with Gasteiger partial charge in [-0.15, -0.1) is 23.5 Å². The molecule has 0 amide bonds. The summed E-state index contributed by atoms with van der Waals surface area (Å²) in [6.07, 6.45) is 5.18. The third-order valence-corrected chi connectivity index (χ3v) is 6.12. The number of aliphatic hydroxyl groups excluding tert-OH is 2. The molecule has 1 aliphatic carbocycles. The minimum atomic E-state index is 0.169. The summed E-state index contributed by atoms with van der Waals surface area (Å²) in [6, 6.07) is 0. The van der Waals surface area contributed by atoms with Gasteiger partial charge < -0.3 is 10.2 Å². The van der Waals surface area contributed by atoms with Crippen LogP contribution < -0.4 is 0 Å². The van der Waals surface area contributed by atoms with Crippen LogP contribution in [-0.2, 0) is 0 Å². The fourth-order valence-electron chi connectivity index (χ4n) is 1.89. The van der Waals surface area contributed by atoms with E-state index in [1.165, 1.54) is 0 Å². The molecule has 2 N–H and O–H groups in total. The van der Waals surface area contributed by atoms with Crippen molar-refractivity contribution in [3.05, 3.63) is 0 Å². The Bertz CT molecular complexity index is 148. The lowest BCUT2D eigenvalue weighted by Crippen LogP contribution is -2.52. The zero-order valence-electron chi connectivity index (χ0n) is 7.49. The third-order valence-electron chi connectivity index (χ3n) is 2.80. The molecule has 0 radical (unpaired) electrons. The Labute approximate surface area is 82.1 Å². The van der Waals surface area contributed by atoms with Crippen LogP contribution in [-0.4, -0.2) is 40.0 Å². The number of aliphatic hydroxyl groups is 2. The van der Waals surface area contributed by atoms with E-state index in [0.717, 1.165) is 6.42 Å². The van der Waals surface area contributed by atoms with Crippen molar-refractivity contribution in [1.82, 2.24) is 0 Å². The quantitative estimate of drug-likeness (QED) is 0.677. The summed E-state index contributed by atoms with van der Waals surface area (Å²) in [5, 5.41) is 18.1. The van der Waals surface area contributed by atoms with E-state index < -0.39 is 0 Å². The Balaban J connectivity index is 2.58. The summed E-state index contributed by atoms with van der Waals surface area (Å²) >= 11 is 3.61. The van der Waals surface area contributed by atoms with E-state index in [4.69, 9.17) is 10.2 Å². The predicted molar refractivity (Wildman–Crippen MR) is 55.5 cm³/mol. The Morgan fingerprint density at radius 1 is 1.25 bits per heavy atom. The van der Waals surface area contributed by atoms with Crippen molar-refractivity contribution in [2.24, 2.45) is 11.8 Å². The van der Waals surface area contributed by atoms with Gasteiger partial charge in [-0.05, 0) is 24.9 Å². The molecular weight excluding hydrogens is 192 g/mol. The molecule has 4 heteroatoms. The van der Waals surface area contributed by atoms with E-state index in [-0.39, 0.29) is 23.2 Å². The SMILES string of the molecule is CSC1(SC)C[C@H](CO)C1CO. The van der Waals surface area contributed by atoms with Crippen molar-refractivity contribution in [3.63, 3.8) is 0 Å². The van der Waals surface area contributed by atoms with E-state index in [9.17, 15) is 0 Å². The second kappa shape index (κ2) is 4.22. The van der Waals surface area contributed by atoms with Crippen molar-refractivity contribution < 1.29 is 10.2 Å². The van der Waals surface area contributed by atoms with Crippen molar-refractivity contribution >= 4 is 23.5 Å². The van der Waals surface area contributed by atoms with Crippen molar-refractivity contribution in [3.8, 4) is 0 Å². The lowest BCUT2D eigenvalue weighted by molar-refractivity contribution is 0.0416. The van der Waals surface area contributed by atoms with Gasteiger partial charge in [0.25, 0.3) is 0 Å². The number of hydrogen-bond donors (Lipinski definition) is 2. The summed E-state index contributed by atoms with van der Waals surface area (Å²) in [5.74, 6) is 0.586. The van der Waals surface area contributed by atoms with Gasteiger partial charge in [0, 0.05) is 19.1 Å². The van der Waals surface area contributed by atoms with Gasteiger partial charge in [-0.25, -0.2) is 0 Å². The highest BCUT2D eigenvalue weighted by molar-refractivity contribution is 8.17. The maximum Gasteiger partial charge on any atom is 0.0662 e. The summed E-state index contributed by atoms with van der Waals surface area (Å²) in [5.41, 5.74) is 0. The summed E-state index contributed by atoms with van der Waals surface area (Å²) in [4.78, 5) is 0. The predicted octanol–water partition coefficient (Wildman–Crippen LogP) is 1.03. The third kappa shape index (κ3) is 1.50. The molecule has 1 fully saturated rings. The number of thioether (sulfide) groups is 2. The first kappa shape index (κ1) is 10.7. The van der Waals surface area contributed by atoms with Gasteiger partial charge in [-0.3, -0.25) is 0 Å². The topological polar surface area (TPSA) is 40.5 Å². The fraction of sp³-hybridized carbons (Fsp3) is 1.00. The Kier molecular flexibility index (Phi) is 3.76. The van der Waals surface area contributed by atoms with Crippen LogP contribution in [0.4, 0.5) is 0 Å². The minimum absolute atomic E-state index is 0.169. The highest BCUT2D eigenvalue weighted by Gasteiger charge is 2.52. The Hall–Kier alpha value is 0.620. The second-order valence-corrected chi connectivity index (χ2v) is 5.69. The molecule has 0 aromatic heterocycles.